The second-order valence-corrected chi connectivity index (χ2v) is 6.10. The molecular formula is C18H24N4O6S. The highest BCUT2D eigenvalue weighted by atomic mass is 32.1. The van der Waals surface area contributed by atoms with E-state index in [9.17, 15) is 4.79 Å². The molecule has 29 heavy (non-hydrogen) atoms. The fourth-order valence-corrected chi connectivity index (χ4v) is 2.71. The van der Waals surface area contributed by atoms with Gasteiger partial charge in [-0.3, -0.25) is 4.79 Å². The average molecular weight is 424 g/mol. The van der Waals surface area contributed by atoms with Gasteiger partial charge in [-0.15, -0.1) is 11.3 Å². The van der Waals surface area contributed by atoms with Crippen molar-refractivity contribution < 1.29 is 28.9 Å². The van der Waals surface area contributed by atoms with Crippen molar-refractivity contribution in [2.75, 3.05) is 26.1 Å². The predicted molar refractivity (Wildman–Crippen MR) is 110 cm³/mol. The molecule has 1 aromatic heterocycles. The molecule has 0 amide bonds. The molecule has 0 aliphatic carbocycles. The van der Waals surface area contributed by atoms with Crippen molar-refractivity contribution >= 4 is 34.4 Å². The maximum Gasteiger partial charge on any atom is 0.357 e. The number of methoxy groups -OCH3 is 2. The number of rotatable bonds is 7. The Morgan fingerprint density at radius 3 is 2.38 bits per heavy atom. The average Bonchev–Trinajstić information content (AvgIpc) is 3.14. The summed E-state index contributed by atoms with van der Waals surface area (Å²) in [6.07, 6.45) is 0. The molecule has 1 heterocycles. The number of hydrogen-bond acceptors (Lipinski definition) is 8. The molecule has 158 valence electrons. The molecule has 0 atom stereocenters. The van der Waals surface area contributed by atoms with Gasteiger partial charge in [-0.1, -0.05) is 6.07 Å². The zero-order valence-electron chi connectivity index (χ0n) is 16.6. The minimum absolute atomic E-state index is 0.165. The van der Waals surface area contributed by atoms with Gasteiger partial charge in [-0.05, 0) is 19.1 Å². The van der Waals surface area contributed by atoms with Crippen LogP contribution >= 0.6 is 11.3 Å². The number of ether oxygens (including phenoxy) is 3. The second kappa shape index (κ2) is 12.2. The highest BCUT2D eigenvalue weighted by Crippen LogP contribution is 2.28. The number of carboxylic acid groups (broad SMARTS) is 1. The molecule has 0 radical (unpaired) electrons. The number of guanidine groups is 1. The number of esters is 1. The lowest BCUT2D eigenvalue weighted by molar-refractivity contribution is -0.134. The van der Waals surface area contributed by atoms with Crippen LogP contribution in [0.15, 0.2) is 28.6 Å². The van der Waals surface area contributed by atoms with E-state index in [1.807, 2.05) is 18.2 Å². The van der Waals surface area contributed by atoms with Crippen LogP contribution < -0.4 is 20.5 Å². The number of nitrogens with zero attached hydrogens (tertiary/aromatic N) is 2. The van der Waals surface area contributed by atoms with Gasteiger partial charge in [0.2, 0.25) is 0 Å². The molecule has 0 spiro atoms. The number of thiazole rings is 1. The largest absolute Gasteiger partial charge is 0.496 e. The number of benzene rings is 1. The Bertz CT molecular complexity index is 826. The lowest BCUT2D eigenvalue weighted by Crippen LogP contribution is -2.22. The molecule has 2 aromatic rings. The Hall–Kier alpha value is -3.34. The Kier molecular flexibility index (Phi) is 9.96. The van der Waals surface area contributed by atoms with Gasteiger partial charge >= 0.3 is 5.97 Å². The molecule has 0 aliphatic heterocycles. The van der Waals surface area contributed by atoms with Crippen molar-refractivity contribution in [3.63, 3.8) is 0 Å². The normalized spacial score (nSPS) is 10.4. The van der Waals surface area contributed by atoms with Crippen molar-refractivity contribution in [2.24, 2.45) is 10.7 Å². The number of aromatic nitrogens is 1. The molecule has 0 saturated heterocycles. The van der Waals surface area contributed by atoms with Gasteiger partial charge in [-0.25, -0.2) is 14.8 Å². The van der Waals surface area contributed by atoms with Gasteiger partial charge < -0.3 is 30.4 Å². The van der Waals surface area contributed by atoms with E-state index in [0.717, 1.165) is 12.5 Å². The number of nitrogens with two attached hydrogens (primary N) is 1. The minimum atomic E-state index is -0.833. The first-order chi connectivity index (χ1) is 13.8. The van der Waals surface area contributed by atoms with E-state index in [-0.39, 0.29) is 18.2 Å². The second-order valence-electron chi connectivity index (χ2n) is 5.24. The third-order valence-corrected chi connectivity index (χ3v) is 3.92. The third-order valence-electron chi connectivity index (χ3n) is 3.16. The van der Waals surface area contributed by atoms with Crippen molar-refractivity contribution in [1.82, 2.24) is 4.98 Å². The highest BCUT2D eigenvalue weighted by molar-refractivity contribution is 7.14. The fourth-order valence-electron chi connectivity index (χ4n) is 2.03. The summed E-state index contributed by atoms with van der Waals surface area (Å²) in [5, 5.41) is 12.3. The Balaban J connectivity index is 0.000000960. The number of aliphatic carboxylic acids is 1. The van der Waals surface area contributed by atoms with E-state index in [1.54, 1.807) is 26.5 Å². The lowest BCUT2D eigenvalue weighted by atomic mass is 10.2. The molecule has 10 nitrogen and oxygen atoms in total. The first-order valence-electron chi connectivity index (χ1n) is 8.41. The molecule has 0 saturated carbocycles. The summed E-state index contributed by atoms with van der Waals surface area (Å²) >= 11 is 1.24. The van der Waals surface area contributed by atoms with Crippen LogP contribution in [0.4, 0.5) is 5.13 Å². The van der Waals surface area contributed by atoms with Gasteiger partial charge in [0.05, 0.1) is 32.9 Å². The van der Waals surface area contributed by atoms with Crippen LogP contribution in [0.3, 0.4) is 0 Å². The molecule has 1 aromatic carbocycles. The zero-order valence-corrected chi connectivity index (χ0v) is 17.4. The summed E-state index contributed by atoms with van der Waals surface area (Å²) in [5.74, 6) is 0.184. The molecule has 11 heteroatoms. The van der Waals surface area contributed by atoms with E-state index in [1.165, 1.54) is 11.3 Å². The summed E-state index contributed by atoms with van der Waals surface area (Å²) in [7, 11) is 3.16. The Labute approximate surface area is 172 Å². The third kappa shape index (κ3) is 8.05. The van der Waals surface area contributed by atoms with E-state index in [4.69, 9.17) is 29.8 Å². The molecular weight excluding hydrogens is 400 g/mol. The van der Waals surface area contributed by atoms with E-state index < -0.39 is 11.9 Å². The fraction of sp³-hybridized carbons (Fsp3) is 0.333. The molecule has 0 aliphatic rings. The molecule has 0 bridgehead atoms. The number of aliphatic imine (C=N–C) groups is 1. The quantitative estimate of drug-likeness (QED) is 0.346. The predicted octanol–water partition coefficient (Wildman–Crippen LogP) is 2.35. The maximum atomic E-state index is 11.6. The molecule has 4 N–H and O–H groups in total. The van der Waals surface area contributed by atoms with E-state index in [2.05, 4.69) is 15.3 Å². The summed E-state index contributed by atoms with van der Waals surface area (Å²) in [6, 6.07) is 5.48. The van der Waals surface area contributed by atoms with Gasteiger partial charge in [0.15, 0.2) is 16.8 Å². The van der Waals surface area contributed by atoms with Crippen molar-refractivity contribution in [3.8, 4) is 11.5 Å². The van der Waals surface area contributed by atoms with Crippen LogP contribution in [0.1, 0.15) is 29.9 Å². The van der Waals surface area contributed by atoms with Crippen LogP contribution in [-0.2, 0) is 16.1 Å². The summed E-state index contributed by atoms with van der Waals surface area (Å²) in [5.41, 5.74) is 6.90. The zero-order chi connectivity index (χ0) is 21.8. The highest BCUT2D eigenvalue weighted by Gasteiger charge is 2.12. The molecule has 0 unspecified atom stereocenters. The number of carboxylic acids is 1. The number of carbonyl (C=O) groups is 2. The number of hydrogen-bond donors (Lipinski definition) is 3. The lowest BCUT2D eigenvalue weighted by Gasteiger charge is -2.11. The van der Waals surface area contributed by atoms with E-state index in [0.29, 0.717) is 23.2 Å². The molecule has 0 fully saturated rings. The maximum absolute atomic E-state index is 11.6. The van der Waals surface area contributed by atoms with Crippen molar-refractivity contribution in [3.05, 3.63) is 34.8 Å². The SMILES string of the molecule is CC(=O)O.CCOC(=O)c1csc(NC(N)=NCc2c(OC)cccc2OC)n1. The van der Waals surface area contributed by atoms with Gasteiger partial charge in [0.1, 0.15) is 11.5 Å². The first-order valence-corrected chi connectivity index (χ1v) is 9.29. The monoisotopic (exact) mass is 424 g/mol. The smallest absolute Gasteiger partial charge is 0.357 e. The number of anilines is 1. The first kappa shape index (κ1) is 23.7. The minimum Gasteiger partial charge on any atom is -0.496 e. The Morgan fingerprint density at radius 1 is 1.28 bits per heavy atom. The van der Waals surface area contributed by atoms with Crippen molar-refractivity contribution in [2.45, 2.75) is 20.4 Å². The van der Waals surface area contributed by atoms with Crippen molar-refractivity contribution in [1.29, 1.82) is 0 Å². The summed E-state index contributed by atoms with van der Waals surface area (Å²) < 4.78 is 15.5. The van der Waals surface area contributed by atoms with E-state index >= 15 is 0 Å². The standard InChI is InChI=1S/C16H20N4O4S.C2H4O2/c1-4-24-14(21)11-9-25-16(19-11)20-15(17)18-8-10-12(22-2)6-5-7-13(10)23-3;1-2(3)4/h5-7,9H,4,8H2,1-3H3,(H3,17,18,19,20);1H3,(H,3,4). The molecule has 2 rings (SSSR count). The van der Waals surface area contributed by atoms with Crippen LogP contribution in [0, 0.1) is 0 Å². The van der Waals surface area contributed by atoms with Crippen LogP contribution in [-0.4, -0.2) is 48.8 Å². The number of carbonyl (C=O) groups excluding carboxylic acids is 1. The Morgan fingerprint density at radius 2 is 1.86 bits per heavy atom. The topological polar surface area (TPSA) is 145 Å². The summed E-state index contributed by atoms with van der Waals surface area (Å²) in [4.78, 5) is 29.0. The number of nitrogens with one attached hydrogen (secondary N) is 1. The van der Waals surface area contributed by atoms with Gasteiger partial charge in [0.25, 0.3) is 5.97 Å². The van der Waals surface area contributed by atoms with Crippen LogP contribution in [0.25, 0.3) is 0 Å². The van der Waals surface area contributed by atoms with Crippen LogP contribution in [0.5, 0.6) is 11.5 Å². The van der Waals surface area contributed by atoms with Gasteiger partial charge in [-0.2, -0.15) is 0 Å². The van der Waals surface area contributed by atoms with Gasteiger partial charge in [0, 0.05) is 12.3 Å². The van der Waals surface area contributed by atoms with Crippen LogP contribution in [0.2, 0.25) is 0 Å². The summed E-state index contributed by atoms with van der Waals surface area (Å²) in [6.45, 7) is 3.38.